The van der Waals surface area contributed by atoms with Crippen molar-refractivity contribution in [3.8, 4) is 0 Å². The maximum atomic E-state index is 14.4. The van der Waals surface area contributed by atoms with E-state index in [1.165, 1.54) is 77.0 Å². The highest BCUT2D eigenvalue weighted by molar-refractivity contribution is 5.97. The zero-order valence-corrected chi connectivity index (χ0v) is 22.9. The Morgan fingerprint density at radius 3 is 1.92 bits per heavy atom. The first kappa shape index (κ1) is 32.1. The first-order valence-electron chi connectivity index (χ1n) is 14.6. The van der Waals surface area contributed by atoms with Gasteiger partial charge < -0.3 is 9.64 Å². The van der Waals surface area contributed by atoms with Gasteiger partial charge in [0.25, 0.3) is 5.91 Å². The molecule has 0 saturated carbocycles. The second kappa shape index (κ2) is 17.5. The summed E-state index contributed by atoms with van der Waals surface area (Å²) < 4.78 is 58.9. The second-order valence-corrected chi connectivity index (χ2v) is 10.4. The third-order valence-corrected chi connectivity index (χ3v) is 7.31. The number of esters is 1. The zero-order chi connectivity index (χ0) is 27.8. The van der Waals surface area contributed by atoms with Crippen molar-refractivity contribution in [2.45, 2.75) is 128 Å². The molecule has 38 heavy (non-hydrogen) atoms. The molecule has 216 valence electrons. The van der Waals surface area contributed by atoms with Gasteiger partial charge in [-0.2, -0.15) is 13.2 Å². The average molecular weight is 544 g/mol. The van der Waals surface area contributed by atoms with Gasteiger partial charge in [0, 0.05) is 6.54 Å². The first-order valence-corrected chi connectivity index (χ1v) is 14.6. The van der Waals surface area contributed by atoms with Gasteiger partial charge in [0.2, 0.25) is 0 Å². The number of likely N-dealkylation sites (tertiary alicyclic amines) is 1. The molecule has 0 bridgehead atoms. The molecular weight excluding hydrogens is 498 g/mol. The predicted molar refractivity (Wildman–Crippen MR) is 141 cm³/mol. The highest BCUT2D eigenvalue weighted by atomic mass is 19.4. The van der Waals surface area contributed by atoms with E-state index in [2.05, 4.69) is 6.92 Å². The van der Waals surface area contributed by atoms with Crippen LogP contribution in [0.25, 0.3) is 0 Å². The summed E-state index contributed by atoms with van der Waals surface area (Å²) in [5.41, 5.74) is -2.17. The Balaban J connectivity index is 1.58. The van der Waals surface area contributed by atoms with E-state index >= 15 is 0 Å². The number of carbonyl (C=O) groups is 2. The molecule has 1 saturated heterocycles. The summed E-state index contributed by atoms with van der Waals surface area (Å²) in [6, 6.07) is 1.72. The van der Waals surface area contributed by atoms with Gasteiger partial charge in [0.15, 0.2) is 0 Å². The monoisotopic (exact) mass is 543 g/mol. The largest absolute Gasteiger partial charge is 0.464 e. The van der Waals surface area contributed by atoms with Crippen molar-refractivity contribution >= 4 is 11.9 Å². The molecule has 1 aromatic rings. The highest BCUT2D eigenvalue weighted by Gasteiger charge is 2.39. The highest BCUT2D eigenvalue weighted by Crippen LogP contribution is 2.33. The summed E-state index contributed by atoms with van der Waals surface area (Å²) in [5, 5.41) is 0. The van der Waals surface area contributed by atoms with Crippen LogP contribution in [-0.2, 0) is 15.7 Å². The topological polar surface area (TPSA) is 46.6 Å². The SMILES string of the molecule is CCCCCCCCCCCCCCCCCOC(=O)C1CCCN1C(=O)c1cccc(C(F)(F)F)c1F. The van der Waals surface area contributed by atoms with E-state index in [4.69, 9.17) is 4.74 Å². The second-order valence-electron chi connectivity index (χ2n) is 10.4. The van der Waals surface area contributed by atoms with Crippen molar-refractivity contribution in [1.29, 1.82) is 0 Å². The summed E-state index contributed by atoms with van der Waals surface area (Å²) in [7, 11) is 0. The number of carbonyl (C=O) groups excluding carboxylic acids is 2. The van der Waals surface area contributed by atoms with Gasteiger partial charge in [-0.05, 0) is 31.4 Å². The number of unbranched alkanes of at least 4 members (excludes halogenated alkanes) is 14. The van der Waals surface area contributed by atoms with Crippen molar-refractivity contribution in [1.82, 2.24) is 4.90 Å². The van der Waals surface area contributed by atoms with Crippen LogP contribution in [0.15, 0.2) is 18.2 Å². The fourth-order valence-corrected chi connectivity index (χ4v) is 5.07. The lowest BCUT2D eigenvalue weighted by Gasteiger charge is -2.24. The maximum Gasteiger partial charge on any atom is 0.419 e. The smallest absolute Gasteiger partial charge is 0.419 e. The minimum atomic E-state index is -4.91. The molecule has 1 fully saturated rings. The maximum absolute atomic E-state index is 14.4. The van der Waals surface area contributed by atoms with E-state index < -0.39 is 41.0 Å². The fourth-order valence-electron chi connectivity index (χ4n) is 5.07. The van der Waals surface area contributed by atoms with Gasteiger partial charge in [-0.3, -0.25) is 4.79 Å². The molecule has 1 aliphatic heterocycles. The van der Waals surface area contributed by atoms with E-state index in [-0.39, 0.29) is 13.2 Å². The van der Waals surface area contributed by atoms with Crippen LogP contribution in [0, 0.1) is 5.82 Å². The number of rotatable bonds is 18. The van der Waals surface area contributed by atoms with Crippen molar-refractivity contribution in [3.05, 3.63) is 35.1 Å². The molecule has 0 aromatic heterocycles. The van der Waals surface area contributed by atoms with Gasteiger partial charge in [0.1, 0.15) is 11.9 Å². The Morgan fingerprint density at radius 2 is 1.39 bits per heavy atom. The standard InChI is InChI=1S/C30H45F4NO3/c1-2-3-4-5-6-7-8-9-10-11-12-13-14-15-16-23-38-29(37)26-21-18-22-35(26)28(36)24-19-17-20-25(27(24)31)30(32,33)34/h17,19-20,26H,2-16,18,21-23H2,1H3. The van der Waals surface area contributed by atoms with Gasteiger partial charge in [-0.25, -0.2) is 9.18 Å². The molecule has 1 aliphatic rings. The molecular formula is C30H45F4NO3. The number of ether oxygens (including phenoxy) is 1. The van der Waals surface area contributed by atoms with Crippen molar-refractivity contribution in [2.75, 3.05) is 13.2 Å². The van der Waals surface area contributed by atoms with E-state index in [9.17, 15) is 27.2 Å². The fraction of sp³-hybridized carbons (Fsp3) is 0.733. The average Bonchev–Trinajstić information content (AvgIpc) is 3.37. The molecule has 0 N–H and O–H groups in total. The van der Waals surface area contributed by atoms with Crippen LogP contribution in [0.2, 0.25) is 0 Å². The lowest BCUT2D eigenvalue weighted by molar-refractivity contribution is -0.148. The zero-order valence-electron chi connectivity index (χ0n) is 22.9. The number of halogens is 4. The minimum Gasteiger partial charge on any atom is -0.464 e. The van der Waals surface area contributed by atoms with Crippen molar-refractivity contribution in [2.24, 2.45) is 0 Å². The van der Waals surface area contributed by atoms with Crippen LogP contribution in [-0.4, -0.2) is 36.0 Å². The number of hydrogen-bond acceptors (Lipinski definition) is 3. The number of amides is 1. The lowest BCUT2D eigenvalue weighted by atomic mass is 10.0. The summed E-state index contributed by atoms with van der Waals surface area (Å²) in [6.45, 7) is 2.66. The van der Waals surface area contributed by atoms with Crippen LogP contribution in [0.4, 0.5) is 17.6 Å². The summed E-state index contributed by atoms with van der Waals surface area (Å²) in [4.78, 5) is 26.5. The van der Waals surface area contributed by atoms with E-state index in [1.807, 2.05) is 0 Å². The number of alkyl halides is 3. The molecule has 8 heteroatoms. The molecule has 1 amide bonds. The quantitative estimate of drug-likeness (QED) is 0.106. The molecule has 1 heterocycles. The molecule has 1 unspecified atom stereocenters. The van der Waals surface area contributed by atoms with Gasteiger partial charge >= 0.3 is 12.1 Å². The van der Waals surface area contributed by atoms with Crippen LogP contribution in [0.5, 0.6) is 0 Å². The van der Waals surface area contributed by atoms with E-state index in [0.717, 1.165) is 36.3 Å². The van der Waals surface area contributed by atoms with E-state index in [1.54, 1.807) is 0 Å². The molecule has 2 rings (SSSR count). The number of nitrogens with zero attached hydrogens (tertiary/aromatic N) is 1. The Labute approximate surface area is 225 Å². The Kier molecular flexibility index (Phi) is 14.8. The summed E-state index contributed by atoms with van der Waals surface area (Å²) in [6.07, 6.45) is 14.5. The van der Waals surface area contributed by atoms with E-state index in [0.29, 0.717) is 18.9 Å². The van der Waals surface area contributed by atoms with Crippen LogP contribution in [0.1, 0.15) is 132 Å². The van der Waals surface area contributed by atoms with Gasteiger partial charge in [0.05, 0.1) is 17.7 Å². The minimum absolute atomic E-state index is 0.174. The third kappa shape index (κ3) is 10.9. The first-order chi connectivity index (χ1) is 18.3. The molecule has 0 spiro atoms. The van der Waals surface area contributed by atoms with Crippen LogP contribution in [0.3, 0.4) is 0 Å². The lowest BCUT2D eigenvalue weighted by Crippen LogP contribution is -2.42. The molecule has 0 aliphatic carbocycles. The molecule has 4 nitrogen and oxygen atoms in total. The van der Waals surface area contributed by atoms with Gasteiger partial charge in [-0.15, -0.1) is 0 Å². The van der Waals surface area contributed by atoms with Crippen LogP contribution >= 0.6 is 0 Å². The number of hydrogen-bond donors (Lipinski definition) is 0. The van der Waals surface area contributed by atoms with Crippen LogP contribution < -0.4 is 0 Å². The molecule has 0 radical (unpaired) electrons. The summed E-state index contributed by atoms with van der Waals surface area (Å²) in [5.74, 6) is -3.10. The van der Waals surface area contributed by atoms with Crippen molar-refractivity contribution in [3.63, 3.8) is 0 Å². The Hall–Kier alpha value is -2.12. The predicted octanol–water partition coefficient (Wildman–Crippen LogP) is 8.86. The Morgan fingerprint density at radius 1 is 0.868 bits per heavy atom. The van der Waals surface area contributed by atoms with Gasteiger partial charge in [-0.1, -0.05) is 103 Å². The summed E-state index contributed by atoms with van der Waals surface area (Å²) >= 11 is 0. The number of benzene rings is 1. The normalized spacial score (nSPS) is 15.7. The molecule has 1 aromatic carbocycles. The van der Waals surface area contributed by atoms with Crippen molar-refractivity contribution < 1.29 is 31.9 Å². The third-order valence-electron chi connectivity index (χ3n) is 7.31. The molecule has 1 atom stereocenters. The Bertz CT molecular complexity index is 843.